The fourth-order valence-electron chi connectivity index (χ4n) is 1.04. The molecule has 0 aromatic heterocycles. The molecule has 0 saturated carbocycles. The molecule has 1 fully saturated rings. The Bertz CT molecular complexity index is 213. The molecule has 68 valence electrons. The first-order valence-electron chi connectivity index (χ1n) is 3.40. The minimum absolute atomic E-state index is 0. The van der Waals surface area contributed by atoms with Crippen LogP contribution in [0.2, 0.25) is 0 Å². The van der Waals surface area contributed by atoms with Gasteiger partial charge in [0.15, 0.2) is 0 Å². The summed E-state index contributed by atoms with van der Waals surface area (Å²) < 4.78 is 31.3. The summed E-state index contributed by atoms with van der Waals surface area (Å²) in [5, 5.41) is 0. The predicted octanol–water partition coefficient (Wildman–Crippen LogP) is -0.374. The zero-order chi connectivity index (χ0) is 8.32. The van der Waals surface area contributed by atoms with E-state index in [0.717, 1.165) is 24.3 Å². The van der Waals surface area contributed by atoms with Gasteiger partial charge in [-0.25, -0.2) is 0 Å². The molecule has 0 spiro atoms. The van der Waals surface area contributed by atoms with Crippen molar-refractivity contribution in [1.82, 2.24) is 4.72 Å². The number of nitrogens with one attached hydrogen (secondary N) is 1. The van der Waals surface area contributed by atoms with E-state index < -0.39 is 10.3 Å². The first kappa shape index (κ1) is 13.2. The van der Waals surface area contributed by atoms with Crippen LogP contribution in [0.1, 0.15) is 12.8 Å². The summed E-state index contributed by atoms with van der Waals surface area (Å²) in [5.74, 6) is 1.85. The average Bonchev–Trinajstić information content (AvgIpc) is 1.85. The van der Waals surface area contributed by atoms with Gasteiger partial charge in [0, 0.05) is 11.8 Å². The molecule has 12 heavy (non-hydrogen) atoms. The third-order valence-corrected chi connectivity index (χ3v) is 3.32. The molecular weight excluding hydrogens is 209 g/mol. The molecule has 0 aromatic carbocycles. The van der Waals surface area contributed by atoms with E-state index in [9.17, 15) is 8.42 Å². The van der Waals surface area contributed by atoms with Crippen molar-refractivity contribution in [2.24, 2.45) is 0 Å². The van der Waals surface area contributed by atoms with Crippen LogP contribution in [-0.2, 0) is 10.3 Å². The van der Waals surface area contributed by atoms with Crippen LogP contribution in [0.3, 0.4) is 0 Å². The summed E-state index contributed by atoms with van der Waals surface area (Å²) in [6.45, 7) is 0. The Labute approximate surface area is 99.0 Å². The van der Waals surface area contributed by atoms with E-state index in [4.69, 9.17) is 4.55 Å². The molecule has 1 aliphatic rings. The molecule has 1 unspecified atom stereocenters. The molecule has 1 heterocycles. The molecule has 0 aliphatic carbocycles. The molecule has 0 radical (unpaired) electrons. The summed E-state index contributed by atoms with van der Waals surface area (Å²) >= 11 is 1.71. The molecule has 2 N–H and O–H groups in total. The van der Waals surface area contributed by atoms with Crippen molar-refractivity contribution in [3.05, 3.63) is 0 Å². The molecule has 1 saturated heterocycles. The molecule has 0 amide bonds. The van der Waals surface area contributed by atoms with Crippen LogP contribution in [0.4, 0.5) is 0 Å². The predicted molar refractivity (Wildman–Crippen MR) is 52.2 cm³/mol. The summed E-state index contributed by atoms with van der Waals surface area (Å²) in [6, 6.07) is -0.0799. The Kier molecular flexibility index (Phi) is 6.44. The van der Waals surface area contributed by atoms with E-state index >= 15 is 0 Å². The van der Waals surface area contributed by atoms with E-state index in [1.54, 1.807) is 11.8 Å². The van der Waals surface area contributed by atoms with Gasteiger partial charge in [0.25, 0.3) is 0 Å². The number of hydrogen-bond acceptors (Lipinski definition) is 3. The van der Waals surface area contributed by atoms with E-state index in [0.29, 0.717) is 0 Å². The van der Waals surface area contributed by atoms with Crippen molar-refractivity contribution in [2.75, 3.05) is 11.5 Å². The van der Waals surface area contributed by atoms with Crippen molar-refractivity contribution in [2.45, 2.75) is 18.9 Å². The van der Waals surface area contributed by atoms with Gasteiger partial charge < -0.3 is 0 Å². The van der Waals surface area contributed by atoms with Crippen LogP contribution in [0.5, 0.6) is 0 Å². The van der Waals surface area contributed by atoms with Gasteiger partial charge in [-0.3, -0.25) is 4.55 Å². The van der Waals surface area contributed by atoms with Crippen LogP contribution in [0.15, 0.2) is 0 Å². The molecule has 0 bridgehead atoms. The first-order valence-corrected chi connectivity index (χ1v) is 6.00. The molecule has 4 nitrogen and oxygen atoms in total. The van der Waals surface area contributed by atoms with Gasteiger partial charge in [-0.05, 0) is 18.6 Å². The van der Waals surface area contributed by atoms with Crippen LogP contribution in [0, 0.1) is 0 Å². The second kappa shape index (κ2) is 5.85. The fourth-order valence-corrected chi connectivity index (χ4v) is 2.84. The second-order valence-electron chi connectivity index (χ2n) is 2.51. The molecule has 1 rings (SSSR count). The van der Waals surface area contributed by atoms with Gasteiger partial charge in [-0.15, -0.1) is 0 Å². The second-order valence-corrected chi connectivity index (χ2v) is 4.84. The Morgan fingerprint density at radius 3 is 2.58 bits per heavy atom. The van der Waals surface area contributed by atoms with Gasteiger partial charge in [0.05, 0.1) is 0 Å². The van der Waals surface area contributed by atoms with Crippen molar-refractivity contribution < 1.29 is 13.0 Å². The quantitative estimate of drug-likeness (QED) is 0.493. The normalized spacial score (nSPS) is 24.6. The maximum absolute atomic E-state index is 10.3. The SMILES string of the molecule is O=S(=O)(O)NC1CCCSC1.[NaH]. The Hall–Kier alpha value is 1.22. The molecule has 1 aliphatic heterocycles. The number of rotatable bonds is 2. The Morgan fingerprint density at radius 2 is 2.17 bits per heavy atom. The van der Waals surface area contributed by atoms with Gasteiger partial charge in [0.2, 0.25) is 0 Å². The summed E-state index contributed by atoms with van der Waals surface area (Å²) in [6.07, 6.45) is 1.84. The first-order chi connectivity index (χ1) is 5.08. The monoisotopic (exact) mass is 221 g/mol. The van der Waals surface area contributed by atoms with Crippen LogP contribution < -0.4 is 4.72 Å². The molecule has 7 heteroatoms. The van der Waals surface area contributed by atoms with Gasteiger partial charge in [-0.1, -0.05) is 0 Å². The Balaban J connectivity index is 0.00000121. The van der Waals surface area contributed by atoms with E-state index in [-0.39, 0.29) is 35.6 Å². The molecule has 0 aromatic rings. The van der Waals surface area contributed by atoms with Crippen molar-refractivity contribution in [3.8, 4) is 0 Å². The van der Waals surface area contributed by atoms with Crippen molar-refractivity contribution >= 4 is 51.6 Å². The molecule has 1 atom stereocenters. The zero-order valence-corrected chi connectivity index (χ0v) is 7.62. The average molecular weight is 221 g/mol. The van der Waals surface area contributed by atoms with Gasteiger partial charge in [0.1, 0.15) is 0 Å². The third-order valence-electron chi connectivity index (χ3n) is 1.48. The summed E-state index contributed by atoms with van der Waals surface area (Å²) in [5.41, 5.74) is 0. The van der Waals surface area contributed by atoms with Crippen molar-refractivity contribution in [3.63, 3.8) is 0 Å². The summed E-state index contributed by atoms with van der Waals surface area (Å²) in [4.78, 5) is 0. The van der Waals surface area contributed by atoms with Crippen LogP contribution in [0.25, 0.3) is 0 Å². The zero-order valence-electron chi connectivity index (χ0n) is 5.99. The van der Waals surface area contributed by atoms with E-state index in [2.05, 4.69) is 4.72 Å². The van der Waals surface area contributed by atoms with E-state index in [1.807, 2.05) is 0 Å². The van der Waals surface area contributed by atoms with E-state index in [1.165, 1.54) is 0 Å². The van der Waals surface area contributed by atoms with Crippen LogP contribution >= 0.6 is 11.8 Å². The molecular formula is C5H12NNaO3S2. The topological polar surface area (TPSA) is 66.4 Å². The maximum atomic E-state index is 10.3. The fraction of sp³-hybridized carbons (Fsp3) is 1.00. The number of thioether (sulfide) groups is 1. The Morgan fingerprint density at radius 1 is 1.50 bits per heavy atom. The van der Waals surface area contributed by atoms with Crippen molar-refractivity contribution in [1.29, 1.82) is 0 Å². The van der Waals surface area contributed by atoms with Crippen LogP contribution in [-0.4, -0.2) is 60.1 Å². The third kappa shape index (κ3) is 5.80. The van der Waals surface area contributed by atoms with Gasteiger partial charge >= 0.3 is 39.9 Å². The summed E-state index contributed by atoms with van der Waals surface area (Å²) in [7, 11) is -3.99. The standard InChI is InChI=1S/C5H11NO3S2.Na.H/c7-11(8,9)6-5-2-1-3-10-4-5;;/h5-6H,1-4H2,(H,7,8,9);;. The van der Waals surface area contributed by atoms with Gasteiger partial charge in [-0.2, -0.15) is 24.9 Å². The minimum atomic E-state index is -3.99. The number of hydrogen-bond donors (Lipinski definition) is 2.